The van der Waals surface area contributed by atoms with Gasteiger partial charge in [0, 0.05) is 31.1 Å². The Morgan fingerprint density at radius 3 is 2.32 bits per heavy atom. The molecule has 1 aliphatic carbocycles. The van der Waals surface area contributed by atoms with E-state index in [0.717, 1.165) is 24.2 Å². The van der Waals surface area contributed by atoms with Gasteiger partial charge in [-0.2, -0.15) is 15.0 Å². The first-order chi connectivity index (χ1) is 16.7. The molecule has 0 spiro atoms. The number of nitrogens with zero attached hydrogens (tertiary/aromatic N) is 3. The molecule has 2 aromatic rings. The van der Waals surface area contributed by atoms with E-state index in [2.05, 4.69) is 15.6 Å². The minimum atomic E-state index is 0.361. The molecule has 1 aliphatic rings. The number of rotatable bonds is 15. The number of ether oxygens (including phenoxy) is 4. The van der Waals surface area contributed by atoms with Gasteiger partial charge in [0.15, 0.2) is 11.5 Å². The van der Waals surface area contributed by atoms with Crippen molar-refractivity contribution in [2.75, 3.05) is 64.4 Å². The molecule has 0 bridgehead atoms. The molecule has 1 fully saturated rings. The molecule has 0 unspecified atom stereocenters. The number of methoxy groups -OCH3 is 2. The molecule has 3 rings (SSSR count). The maximum absolute atomic E-state index is 5.59. The lowest BCUT2D eigenvalue weighted by molar-refractivity contribution is 0.0547. The largest absolute Gasteiger partial charge is 0.493 e. The fraction of sp³-hybridized carbons (Fsp3) is 0.625. The molecule has 10 nitrogen and oxygen atoms in total. The highest BCUT2D eigenvalue weighted by molar-refractivity contribution is 5.48. The van der Waals surface area contributed by atoms with Crippen LogP contribution in [0.25, 0.3) is 0 Å². The Kier molecular flexibility index (Phi) is 11.1. The van der Waals surface area contributed by atoms with Gasteiger partial charge in [-0.1, -0.05) is 31.4 Å². The number of nitrogens with one attached hydrogen (secondary N) is 2. The van der Waals surface area contributed by atoms with Crippen LogP contribution in [-0.2, 0) is 16.0 Å². The predicted octanol–water partition coefficient (Wildman–Crippen LogP) is 2.95. The lowest BCUT2D eigenvalue weighted by Crippen LogP contribution is -2.18. The second-order valence-electron chi connectivity index (χ2n) is 8.12. The molecule has 0 atom stereocenters. The fourth-order valence-corrected chi connectivity index (χ4v) is 4.00. The first-order valence-corrected chi connectivity index (χ1v) is 12.0. The number of hydrogen-bond acceptors (Lipinski definition) is 10. The highest BCUT2D eigenvalue weighted by atomic mass is 16.5. The Morgan fingerprint density at radius 1 is 0.882 bits per heavy atom. The van der Waals surface area contributed by atoms with E-state index in [1.807, 2.05) is 18.2 Å². The third kappa shape index (κ3) is 7.96. The molecule has 0 amide bonds. The summed E-state index contributed by atoms with van der Waals surface area (Å²) >= 11 is 0. The SMILES string of the molecule is COc1cccc(CNc2nc(NCCOCCOCCN)nc(C3CCCCC3)n2)c1OC. The number of anilines is 2. The standard InChI is InChI=1S/C24H38N6O4/c1-31-20-10-6-9-19(21(20)32-2)17-27-24-29-22(18-7-4-3-5-8-18)28-23(30-24)26-12-14-34-16-15-33-13-11-25/h6,9-10,18H,3-5,7-8,11-17,25H2,1-2H3,(H2,26,27,28,29,30). The minimum Gasteiger partial charge on any atom is -0.493 e. The summed E-state index contributed by atoms with van der Waals surface area (Å²) in [6.45, 7) is 3.76. The normalized spacial score (nSPS) is 14.1. The van der Waals surface area contributed by atoms with Crippen LogP contribution in [0.2, 0.25) is 0 Å². The lowest BCUT2D eigenvalue weighted by Gasteiger charge is -2.21. The zero-order valence-electron chi connectivity index (χ0n) is 20.3. The molecule has 1 saturated carbocycles. The van der Waals surface area contributed by atoms with Gasteiger partial charge in [0.1, 0.15) is 5.82 Å². The van der Waals surface area contributed by atoms with Crippen LogP contribution in [0.15, 0.2) is 18.2 Å². The molecule has 0 saturated heterocycles. The van der Waals surface area contributed by atoms with E-state index >= 15 is 0 Å². The van der Waals surface area contributed by atoms with Crippen molar-refractivity contribution >= 4 is 11.9 Å². The fourth-order valence-electron chi connectivity index (χ4n) is 4.00. The molecule has 0 aliphatic heterocycles. The van der Waals surface area contributed by atoms with E-state index in [4.69, 9.17) is 34.6 Å². The van der Waals surface area contributed by atoms with E-state index < -0.39 is 0 Å². The van der Waals surface area contributed by atoms with E-state index in [9.17, 15) is 0 Å². The topological polar surface area (TPSA) is 126 Å². The van der Waals surface area contributed by atoms with Crippen LogP contribution in [0.1, 0.15) is 49.4 Å². The van der Waals surface area contributed by atoms with Crippen LogP contribution in [0, 0.1) is 0 Å². The third-order valence-electron chi connectivity index (χ3n) is 5.71. The van der Waals surface area contributed by atoms with Crippen molar-refractivity contribution in [3.05, 3.63) is 29.6 Å². The van der Waals surface area contributed by atoms with Gasteiger partial charge in [-0.05, 0) is 18.9 Å². The van der Waals surface area contributed by atoms with Gasteiger partial charge in [0.05, 0.1) is 40.6 Å². The number of hydrogen-bond donors (Lipinski definition) is 3. The summed E-state index contributed by atoms with van der Waals surface area (Å²) in [6.07, 6.45) is 5.92. The summed E-state index contributed by atoms with van der Waals surface area (Å²) < 4.78 is 21.9. The zero-order chi connectivity index (χ0) is 24.0. The quantitative estimate of drug-likeness (QED) is 0.332. The van der Waals surface area contributed by atoms with Gasteiger partial charge >= 0.3 is 0 Å². The third-order valence-corrected chi connectivity index (χ3v) is 5.71. The molecular weight excluding hydrogens is 436 g/mol. The van der Waals surface area contributed by atoms with Gasteiger partial charge in [0.2, 0.25) is 11.9 Å². The first-order valence-electron chi connectivity index (χ1n) is 12.0. The second-order valence-corrected chi connectivity index (χ2v) is 8.12. The number of benzene rings is 1. The van der Waals surface area contributed by atoms with Gasteiger partial charge in [-0.25, -0.2) is 0 Å². The van der Waals surface area contributed by atoms with Gasteiger partial charge in [0.25, 0.3) is 0 Å². The van der Waals surface area contributed by atoms with Crippen LogP contribution < -0.4 is 25.8 Å². The maximum Gasteiger partial charge on any atom is 0.228 e. The molecular formula is C24H38N6O4. The Balaban J connectivity index is 1.63. The summed E-state index contributed by atoms with van der Waals surface area (Å²) in [5.41, 5.74) is 6.36. The van der Waals surface area contributed by atoms with Crippen molar-refractivity contribution in [3.8, 4) is 11.5 Å². The van der Waals surface area contributed by atoms with Crippen LogP contribution in [0.4, 0.5) is 11.9 Å². The van der Waals surface area contributed by atoms with Crippen molar-refractivity contribution < 1.29 is 18.9 Å². The maximum atomic E-state index is 5.59. The van der Waals surface area contributed by atoms with Crippen molar-refractivity contribution in [3.63, 3.8) is 0 Å². The highest BCUT2D eigenvalue weighted by Crippen LogP contribution is 2.32. The number of para-hydroxylation sites is 1. The van der Waals surface area contributed by atoms with Gasteiger partial charge in [-0.15, -0.1) is 0 Å². The Bertz CT molecular complexity index is 863. The Labute approximate surface area is 202 Å². The van der Waals surface area contributed by atoms with Crippen LogP contribution >= 0.6 is 0 Å². The van der Waals surface area contributed by atoms with Crippen LogP contribution in [0.3, 0.4) is 0 Å². The summed E-state index contributed by atoms with van der Waals surface area (Å²) in [7, 11) is 3.27. The molecule has 1 aromatic carbocycles. The zero-order valence-corrected chi connectivity index (χ0v) is 20.3. The monoisotopic (exact) mass is 474 g/mol. The van der Waals surface area contributed by atoms with Crippen molar-refractivity contribution in [1.82, 2.24) is 15.0 Å². The van der Waals surface area contributed by atoms with Crippen molar-refractivity contribution in [1.29, 1.82) is 0 Å². The van der Waals surface area contributed by atoms with Gasteiger partial charge < -0.3 is 35.3 Å². The molecule has 34 heavy (non-hydrogen) atoms. The van der Waals surface area contributed by atoms with E-state index in [1.165, 1.54) is 19.3 Å². The summed E-state index contributed by atoms with van der Waals surface area (Å²) in [6, 6.07) is 5.81. The lowest BCUT2D eigenvalue weighted by atomic mass is 9.89. The van der Waals surface area contributed by atoms with E-state index in [-0.39, 0.29) is 0 Å². The summed E-state index contributed by atoms with van der Waals surface area (Å²) in [4.78, 5) is 14.1. The second kappa shape index (κ2) is 14.5. The first kappa shape index (κ1) is 25.9. The molecule has 1 heterocycles. The predicted molar refractivity (Wildman–Crippen MR) is 132 cm³/mol. The van der Waals surface area contributed by atoms with E-state index in [0.29, 0.717) is 75.4 Å². The highest BCUT2D eigenvalue weighted by Gasteiger charge is 2.20. The molecule has 188 valence electrons. The number of nitrogens with two attached hydrogens (primary N) is 1. The smallest absolute Gasteiger partial charge is 0.228 e. The molecule has 1 aromatic heterocycles. The summed E-state index contributed by atoms with van der Waals surface area (Å²) in [5.74, 6) is 3.69. The van der Waals surface area contributed by atoms with Gasteiger partial charge in [-0.3, -0.25) is 0 Å². The Morgan fingerprint density at radius 2 is 1.62 bits per heavy atom. The average Bonchev–Trinajstić information content (AvgIpc) is 2.89. The molecule has 10 heteroatoms. The summed E-state index contributed by atoms with van der Waals surface area (Å²) in [5, 5.41) is 6.61. The molecule has 4 N–H and O–H groups in total. The molecule has 0 radical (unpaired) electrons. The average molecular weight is 475 g/mol. The Hall–Kier alpha value is -2.69. The van der Waals surface area contributed by atoms with E-state index in [1.54, 1.807) is 14.2 Å². The van der Waals surface area contributed by atoms with Crippen molar-refractivity contribution in [2.45, 2.75) is 44.6 Å². The van der Waals surface area contributed by atoms with Crippen LogP contribution in [0.5, 0.6) is 11.5 Å². The van der Waals surface area contributed by atoms with Crippen molar-refractivity contribution in [2.24, 2.45) is 5.73 Å². The number of aromatic nitrogens is 3. The van der Waals surface area contributed by atoms with Crippen LogP contribution in [-0.4, -0.2) is 68.7 Å². The minimum absolute atomic E-state index is 0.361.